The number of nitrogens with one attached hydrogen (secondary N) is 1. The van der Waals surface area contributed by atoms with Crippen LogP contribution in [0.25, 0.3) is 0 Å². The summed E-state index contributed by atoms with van der Waals surface area (Å²) in [6, 6.07) is 5.89. The van der Waals surface area contributed by atoms with Crippen molar-refractivity contribution in [2.24, 2.45) is 11.8 Å². The number of anilines is 3. The van der Waals surface area contributed by atoms with Gasteiger partial charge in [-0.2, -0.15) is 0 Å². The minimum Gasteiger partial charge on any atom is -0.454 e. The molecule has 0 amide bonds. The molecule has 2 heterocycles. The first-order chi connectivity index (χ1) is 12.9. The Balaban J connectivity index is 1.75. The Kier molecular flexibility index (Phi) is 5.88. The van der Waals surface area contributed by atoms with Gasteiger partial charge in [-0.3, -0.25) is 0 Å². The monoisotopic (exact) mass is 371 g/mol. The third-order valence-electron chi connectivity index (χ3n) is 4.23. The van der Waals surface area contributed by atoms with Crippen LogP contribution in [0.15, 0.2) is 24.5 Å². The summed E-state index contributed by atoms with van der Waals surface area (Å²) < 4.78 is 10.8. The number of ether oxygens (including phenoxy) is 2. The Bertz CT molecular complexity index is 769. The fourth-order valence-corrected chi connectivity index (χ4v) is 3.14. The first-order valence-corrected chi connectivity index (χ1v) is 9.41. The lowest BCUT2D eigenvalue weighted by atomic mass is 10.1. The zero-order valence-corrected chi connectivity index (χ0v) is 16.5. The van der Waals surface area contributed by atoms with Gasteiger partial charge in [0.15, 0.2) is 23.1 Å². The third kappa shape index (κ3) is 4.72. The second-order valence-corrected chi connectivity index (χ2v) is 7.69. The smallest absolute Gasteiger partial charge is 0.231 e. The van der Waals surface area contributed by atoms with Gasteiger partial charge in [-0.15, -0.1) is 0 Å². The molecule has 27 heavy (non-hydrogen) atoms. The molecule has 2 aromatic rings. The van der Waals surface area contributed by atoms with E-state index in [0.29, 0.717) is 29.9 Å². The van der Waals surface area contributed by atoms with E-state index in [4.69, 9.17) is 15.2 Å². The maximum absolute atomic E-state index is 6.42. The van der Waals surface area contributed by atoms with Gasteiger partial charge in [0, 0.05) is 19.6 Å². The van der Waals surface area contributed by atoms with Crippen LogP contribution >= 0.6 is 0 Å². The van der Waals surface area contributed by atoms with Crippen molar-refractivity contribution < 1.29 is 9.47 Å². The van der Waals surface area contributed by atoms with Gasteiger partial charge in [0.1, 0.15) is 12.0 Å². The van der Waals surface area contributed by atoms with Crippen LogP contribution in [-0.4, -0.2) is 29.9 Å². The Morgan fingerprint density at radius 3 is 2.48 bits per heavy atom. The molecule has 0 fully saturated rings. The maximum atomic E-state index is 6.42. The van der Waals surface area contributed by atoms with Crippen molar-refractivity contribution in [1.82, 2.24) is 9.97 Å². The average Bonchev–Trinajstić information content (AvgIpc) is 3.07. The van der Waals surface area contributed by atoms with E-state index in [9.17, 15) is 0 Å². The van der Waals surface area contributed by atoms with Crippen LogP contribution < -0.4 is 25.4 Å². The number of nitrogens with zero attached hydrogens (tertiary/aromatic N) is 3. The highest BCUT2D eigenvalue weighted by molar-refractivity contribution is 5.75. The van der Waals surface area contributed by atoms with Crippen molar-refractivity contribution in [3.05, 3.63) is 30.1 Å². The van der Waals surface area contributed by atoms with Crippen LogP contribution in [0, 0.1) is 11.8 Å². The second kappa shape index (κ2) is 8.33. The summed E-state index contributed by atoms with van der Waals surface area (Å²) >= 11 is 0. The van der Waals surface area contributed by atoms with E-state index in [1.807, 2.05) is 18.2 Å². The van der Waals surface area contributed by atoms with Gasteiger partial charge in [-0.25, -0.2) is 9.97 Å². The van der Waals surface area contributed by atoms with Gasteiger partial charge in [0.25, 0.3) is 0 Å². The molecule has 3 N–H and O–H groups in total. The summed E-state index contributed by atoms with van der Waals surface area (Å²) in [6.07, 6.45) is 1.57. The minimum atomic E-state index is 0.274. The Morgan fingerprint density at radius 2 is 1.78 bits per heavy atom. The van der Waals surface area contributed by atoms with Crippen molar-refractivity contribution in [1.29, 1.82) is 0 Å². The number of hydrogen-bond donors (Lipinski definition) is 2. The maximum Gasteiger partial charge on any atom is 0.231 e. The fourth-order valence-electron chi connectivity index (χ4n) is 3.14. The largest absolute Gasteiger partial charge is 0.454 e. The molecule has 1 aromatic heterocycles. The molecule has 0 bridgehead atoms. The Morgan fingerprint density at radius 1 is 1.07 bits per heavy atom. The highest BCUT2D eigenvalue weighted by atomic mass is 16.7. The van der Waals surface area contributed by atoms with Crippen LogP contribution in [0.3, 0.4) is 0 Å². The number of aromatic nitrogens is 2. The summed E-state index contributed by atoms with van der Waals surface area (Å²) in [5, 5.41) is 3.32. The topological polar surface area (TPSA) is 85.5 Å². The molecule has 1 aromatic carbocycles. The van der Waals surface area contributed by atoms with E-state index >= 15 is 0 Å². The van der Waals surface area contributed by atoms with Gasteiger partial charge in [-0.1, -0.05) is 33.8 Å². The SMILES string of the molecule is CC(C)CN(CC(C)C)c1ncnc(NCc2ccc3c(c2)OCO3)c1N. The van der Waals surface area contributed by atoms with Crippen LogP contribution in [0.5, 0.6) is 11.5 Å². The predicted octanol–water partition coefficient (Wildman–Crippen LogP) is 3.52. The molecule has 0 saturated carbocycles. The summed E-state index contributed by atoms with van der Waals surface area (Å²) in [7, 11) is 0. The van der Waals surface area contributed by atoms with Gasteiger partial charge in [-0.05, 0) is 29.5 Å². The van der Waals surface area contributed by atoms with Crippen molar-refractivity contribution in [3.8, 4) is 11.5 Å². The second-order valence-electron chi connectivity index (χ2n) is 7.69. The molecular formula is C20H29N5O2. The number of benzene rings is 1. The van der Waals surface area contributed by atoms with Crippen molar-refractivity contribution >= 4 is 17.3 Å². The fraction of sp³-hybridized carbons (Fsp3) is 0.500. The van der Waals surface area contributed by atoms with E-state index in [2.05, 4.69) is 47.9 Å². The molecule has 7 heteroatoms. The molecular weight excluding hydrogens is 342 g/mol. The molecule has 0 atom stereocenters. The van der Waals surface area contributed by atoms with E-state index in [1.165, 1.54) is 0 Å². The van der Waals surface area contributed by atoms with Crippen LogP contribution in [-0.2, 0) is 6.54 Å². The molecule has 3 rings (SSSR count). The Hall–Kier alpha value is -2.70. The Labute approximate surface area is 160 Å². The molecule has 146 valence electrons. The zero-order valence-electron chi connectivity index (χ0n) is 16.5. The first kappa shape index (κ1) is 19.1. The lowest BCUT2D eigenvalue weighted by Crippen LogP contribution is -2.33. The molecule has 0 spiro atoms. The lowest BCUT2D eigenvalue weighted by Gasteiger charge is -2.28. The molecule has 0 aliphatic carbocycles. The summed E-state index contributed by atoms with van der Waals surface area (Å²) in [5.74, 6) is 4.02. The van der Waals surface area contributed by atoms with Gasteiger partial charge >= 0.3 is 0 Å². The van der Waals surface area contributed by atoms with E-state index in [-0.39, 0.29) is 6.79 Å². The standard InChI is InChI=1S/C20H29N5O2/c1-13(2)9-25(10-14(3)4)20-18(21)19(23-11-24-20)22-8-15-5-6-16-17(7-15)27-12-26-16/h5-7,11,13-14H,8-10,12,21H2,1-4H3,(H,22,23,24). The molecule has 1 aliphatic heterocycles. The first-order valence-electron chi connectivity index (χ1n) is 9.41. The number of nitrogen functional groups attached to an aromatic ring is 1. The number of rotatable bonds is 8. The van der Waals surface area contributed by atoms with E-state index in [1.54, 1.807) is 6.33 Å². The third-order valence-corrected chi connectivity index (χ3v) is 4.23. The molecule has 0 radical (unpaired) electrons. The zero-order chi connectivity index (χ0) is 19.4. The highest BCUT2D eigenvalue weighted by Crippen LogP contribution is 2.33. The van der Waals surface area contributed by atoms with Gasteiger partial charge in [0.2, 0.25) is 6.79 Å². The predicted molar refractivity (Wildman–Crippen MR) is 108 cm³/mol. The highest BCUT2D eigenvalue weighted by Gasteiger charge is 2.18. The van der Waals surface area contributed by atoms with Gasteiger partial charge < -0.3 is 25.4 Å². The van der Waals surface area contributed by atoms with Crippen LogP contribution in [0.2, 0.25) is 0 Å². The lowest BCUT2D eigenvalue weighted by molar-refractivity contribution is 0.174. The van der Waals surface area contributed by atoms with Crippen LogP contribution in [0.4, 0.5) is 17.3 Å². The quantitative estimate of drug-likeness (QED) is 0.734. The van der Waals surface area contributed by atoms with Crippen LogP contribution in [0.1, 0.15) is 33.3 Å². The van der Waals surface area contributed by atoms with Gasteiger partial charge in [0.05, 0.1) is 0 Å². The van der Waals surface area contributed by atoms with Crippen molar-refractivity contribution in [2.45, 2.75) is 34.2 Å². The average molecular weight is 371 g/mol. The minimum absolute atomic E-state index is 0.274. The van der Waals surface area contributed by atoms with Crippen molar-refractivity contribution in [3.63, 3.8) is 0 Å². The molecule has 0 saturated heterocycles. The molecule has 1 aliphatic rings. The summed E-state index contributed by atoms with van der Waals surface area (Å²) in [4.78, 5) is 11.0. The normalized spacial score (nSPS) is 12.7. The van der Waals surface area contributed by atoms with E-state index in [0.717, 1.165) is 36.0 Å². The summed E-state index contributed by atoms with van der Waals surface area (Å²) in [6.45, 7) is 11.5. The number of hydrogen-bond acceptors (Lipinski definition) is 7. The van der Waals surface area contributed by atoms with Crippen molar-refractivity contribution in [2.75, 3.05) is 35.8 Å². The molecule has 7 nitrogen and oxygen atoms in total. The van der Waals surface area contributed by atoms with E-state index < -0.39 is 0 Å². The summed E-state index contributed by atoms with van der Waals surface area (Å²) in [5.41, 5.74) is 8.07. The molecule has 0 unspecified atom stereocenters. The number of fused-ring (bicyclic) bond motifs is 1. The number of nitrogens with two attached hydrogens (primary N) is 1.